The summed E-state index contributed by atoms with van der Waals surface area (Å²) in [6.07, 6.45) is 0. The lowest BCUT2D eigenvalue weighted by Crippen LogP contribution is -2.21. The minimum atomic E-state index is -0.587. The van der Waals surface area contributed by atoms with Gasteiger partial charge in [0.1, 0.15) is 11.3 Å². The lowest BCUT2D eigenvalue weighted by Gasteiger charge is -2.08. The van der Waals surface area contributed by atoms with Gasteiger partial charge < -0.3 is 19.9 Å². The smallest absolute Gasteiger partial charge is 0.276 e. The predicted molar refractivity (Wildman–Crippen MR) is 80.2 cm³/mol. The third-order valence-corrected chi connectivity index (χ3v) is 3.39. The largest absolute Gasteiger partial charge is 0.505 e. The van der Waals surface area contributed by atoms with Crippen molar-refractivity contribution in [3.05, 3.63) is 51.6 Å². The summed E-state index contributed by atoms with van der Waals surface area (Å²) in [5.74, 6) is -0.501. The fourth-order valence-corrected chi connectivity index (χ4v) is 2.32. The highest BCUT2D eigenvalue weighted by Crippen LogP contribution is 2.28. The Balaban J connectivity index is 2.08. The van der Waals surface area contributed by atoms with Gasteiger partial charge in [-0.15, -0.1) is 0 Å². The number of carbonyl (C=O) groups is 1. The number of pyridine rings is 1. The standard InChI is InChI=1S/C15H13N3O4/c1-7-11(8(2)22-18-7)14(20)17-12-13(19)9-5-3-4-6-10(9)16-15(12)21/h3-6H,1-2H3,(H,17,20)(H2,16,19,21). The number of hydrogen-bond acceptors (Lipinski definition) is 5. The number of nitrogens with one attached hydrogen (secondary N) is 2. The van der Waals surface area contributed by atoms with E-state index in [1.807, 2.05) is 0 Å². The molecule has 0 atom stereocenters. The van der Waals surface area contributed by atoms with Crippen LogP contribution in [0.25, 0.3) is 10.9 Å². The van der Waals surface area contributed by atoms with E-state index in [2.05, 4.69) is 15.5 Å². The van der Waals surface area contributed by atoms with E-state index in [1.165, 1.54) is 0 Å². The average molecular weight is 299 g/mol. The van der Waals surface area contributed by atoms with Crippen LogP contribution in [0.5, 0.6) is 5.75 Å². The lowest BCUT2D eigenvalue weighted by molar-refractivity contribution is 0.102. The predicted octanol–water partition coefficient (Wildman–Crippen LogP) is 2.09. The van der Waals surface area contributed by atoms with E-state index >= 15 is 0 Å². The average Bonchev–Trinajstić information content (AvgIpc) is 2.82. The summed E-state index contributed by atoms with van der Waals surface area (Å²) in [7, 11) is 0. The van der Waals surface area contributed by atoms with Crippen LogP contribution in [0, 0.1) is 13.8 Å². The van der Waals surface area contributed by atoms with Crippen LogP contribution in [-0.4, -0.2) is 21.2 Å². The van der Waals surface area contributed by atoms with Crippen LogP contribution in [0.4, 0.5) is 5.69 Å². The maximum absolute atomic E-state index is 12.3. The zero-order valence-electron chi connectivity index (χ0n) is 11.9. The topological polar surface area (TPSA) is 108 Å². The maximum atomic E-state index is 12.3. The van der Waals surface area contributed by atoms with Crippen LogP contribution in [0.3, 0.4) is 0 Å². The summed E-state index contributed by atoms with van der Waals surface area (Å²) < 4.78 is 4.93. The molecule has 2 aromatic heterocycles. The number of nitrogens with zero attached hydrogens (tertiary/aromatic N) is 1. The molecule has 112 valence electrons. The molecular formula is C15H13N3O4. The molecule has 2 heterocycles. The Kier molecular flexibility index (Phi) is 3.17. The number of fused-ring (bicyclic) bond motifs is 1. The second-order valence-corrected chi connectivity index (χ2v) is 4.88. The van der Waals surface area contributed by atoms with E-state index in [1.54, 1.807) is 38.1 Å². The molecule has 0 saturated heterocycles. The van der Waals surface area contributed by atoms with E-state index in [4.69, 9.17) is 4.52 Å². The summed E-state index contributed by atoms with van der Waals surface area (Å²) in [4.78, 5) is 27.0. The number of para-hydroxylation sites is 1. The Morgan fingerprint density at radius 2 is 2.05 bits per heavy atom. The first-order valence-electron chi connectivity index (χ1n) is 6.57. The van der Waals surface area contributed by atoms with E-state index in [9.17, 15) is 14.7 Å². The second-order valence-electron chi connectivity index (χ2n) is 4.88. The number of H-pyrrole nitrogens is 1. The van der Waals surface area contributed by atoms with Gasteiger partial charge in [0.2, 0.25) is 0 Å². The number of benzene rings is 1. The molecule has 0 aliphatic carbocycles. The first kappa shape index (κ1) is 13.9. The van der Waals surface area contributed by atoms with Crippen LogP contribution in [0.2, 0.25) is 0 Å². The fraction of sp³-hybridized carbons (Fsp3) is 0.133. The zero-order chi connectivity index (χ0) is 15.9. The van der Waals surface area contributed by atoms with Gasteiger partial charge in [0.25, 0.3) is 11.5 Å². The van der Waals surface area contributed by atoms with Crippen LogP contribution < -0.4 is 10.9 Å². The van der Waals surface area contributed by atoms with E-state index in [0.29, 0.717) is 22.4 Å². The Bertz CT molecular complexity index is 920. The highest BCUT2D eigenvalue weighted by Gasteiger charge is 2.21. The lowest BCUT2D eigenvalue weighted by atomic mass is 10.1. The molecule has 22 heavy (non-hydrogen) atoms. The van der Waals surface area contributed by atoms with Crippen molar-refractivity contribution in [3.8, 4) is 5.75 Å². The molecule has 0 bridgehead atoms. The van der Waals surface area contributed by atoms with Gasteiger partial charge in [-0.1, -0.05) is 17.3 Å². The first-order valence-corrected chi connectivity index (χ1v) is 6.57. The molecule has 7 nitrogen and oxygen atoms in total. The number of aromatic nitrogens is 2. The minimum Gasteiger partial charge on any atom is -0.505 e. The number of amides is 1. The summed E-state index contributed by atoms with van der Waals surface area (Å²) in [5, 5.41) is 16.8. The van der Waals surface area contributed by atoms with Crippen molar-refractivity contribution in [1.82, 2.24) is 10.1 Å². The molecular weight excluding hydrogens is 286 g/mol. The van der Waals surface area contributed by atoms with Gasteiger partial charge in [0.15, 0.2) is 11.4 Å². The Hall–Kier alpha value is -3.09. The van der Waals surface area contributed by atoms with Crippen LogP contribution in [0.1, 0.15) is 21.8 Å². The van der Waals surface area contributed by atoms with Crippen molar-refractivity contribution >= 4 is 22.5 Å². The highest BCUT2D eigenvalue weighted by molar-refractivity contribution is 6.07. The van der Waals surface area contributed by atoms with Gasteiger partial charge in [-0.05, 0) is 26.0 Å². The summed E-state index contributed by atoms with van der Waals surface area (Å²) in [5.41, 5.74) is 0.346. The highest BCUT2D eigenvalue weighted by atomic mass is 16.5. The number of aryl methyl sites for hydroxylation is 2. The van der Waals surface area contributed by atoms with Gasteiger partial charge in [0.05, 0.1) is 11.2 Å². The van der Waals surface area contributed by atoms with Crippen LogP contribution in [-0.2, 0) is 0 Å². The van der Waals surface area contributed by atoms with Gasteiger partial charge in [-0.25, -0.2) is 0 Å². The molecule has 0 spiro atoms. The van der Waals surface area contributed by atoms with E-state index in [0.717, 1.165) is 0 Å². The molecule has 1 aromatic carbocycles. The molecule has 1 amide bonds. The molecule has 7 heteroatoms. The Labute approximate surface area is 124 Å². The zero-order valence-corrected chi connectivity index (χ0v) is 11.9. The molecule has 3 N–H and O–H groups in total. The van der Waals surface area contributed by atoms with E-state index in [-0.39, 0.29) is 17.0 Å². The van der Waals surface area contributed by atoms with Gasteiger partial charge in [0, 0.05) is 5.39 Å². The van der Waals surface area contributed by atoms with Crippen molar-refractivity contribution in [2.45, 2.75) is 13.8 Å². The van der Waals surface area contributed by atoms with E-state index < -0.39 is 11.5 Å². The number of aromatic amines is 1. The van der Waals surface area contributed by atoms with Gasteiger partial charge in [-0.3, -0.25) is 9.59 Å². The second kappa shape index (κ2) is 5.03. The monoisotopic (exact) mass is 299 g/mol. The third-order valence-electron chi connectivity index (χ3n) is 3.39. The molecule has 0 saturated carbocycles. The number of rotatable bonds is 2. The van der Waals surface area contributed by atoms with Crippen molar-refractivity contribution < 1.29 is 14.4 Å². The number of hydrogen-bond donors (Lipinski definition) is 3. The normalized spacial score (nSPS) is 10.8. The van der Waals surface area contributed by atoms with Crippen molar-refractivity contribution in [2.24, 2.45) is 0 Å². The summed E-state index contributed by atoms with van der Waals surface area (Å²) in [6, 6.07) is 6.77. The Morgan fingerprint density at radius 3 is 2.73 bits per heavy atom. The molecule has 0 aliphatic heterocycles. The Morgan fingerprint density at radius 1 is 1.32 bits per heavy atom. The fourth-order valence-electron chi connectivity index (χ4n) is 2.32. The minimum absolute atomic E-state index is 0.205. The number of anilines is 1. The molecule has 0 aliphatic rings. The first-order chi connectivity index (χ1) is 10.5. The molecule has 0 fully saturated rings. The molecule has 0 radical (unpaired) electrons. The van der Waals surface area contributed by atoms with Crippen molar-refractivity contribution in [3.63, 3.8) is 0 Å². The molecule has 3 rings (SSSR count). The summed E-state index contributed by atoms with van der Waals surface area (Å²) in [6.45, 7) is 3.22. The van der Waals surface area contributed by atoms with Crippen molar-refractivity contribution in [1.29, 1.82) is 0 Å². The maximum Gasteiger partial charge on any atom is 0.276 e. The van der Waals surface area contributed by atoms with Gasteiger partial charge >= 0.3 is 0 Å². The number of carbonyl (C=O) groups excluding carboxylic acids is 1. The van der Waals surface area contributed by atoms with Crippen LogP contribution >= 0.6 is 0 Å². The molecule has 3 aromatic rings. The third kappa shape index (κ3) is 2.12. The van der Waals surface area contributed by atoms with Crippen LogP contribution in [0.15, 0.2) is 33.6 Å². The SMILES string of the molecule is Cc1noc(C)c1C(=O)Nc1c(O)c2ccccc2[nH]c1=O. The number of aromatic hydroxyl groups is 1. The van der Waals surface area contributed by atoms with Crippen molar-refractivity contribution in [2.75, 3.05) is 5.32 Å². The van der Waals surface area contributed by atoms with Gasteiger partial charge in [-0.2, -0.15) is 0 Å². The molecule has 0 unspecified atom stereocenters. The quantitative estimate of drug-likeness (QED) is 0.671. The summed E-state index contributed by atoms with van der Waals surface area (Å²) >= 11 is 0.